The maximum absolute atomic E-state index is 13.1. The number of carbonyl (C=O) groups excluding carboxylic acids is 1. The summed E-state index contributed by atoms with van der Waals surface area (Å²) in [4.78, 5) is 19.2. The van der Waals surface area contributed by atoms with Gasteiger partial charge in [-0.05, 0) is 71.6 Å². The van der Waals surface area contributed by atoms with E-state index in [0.29, 0.717) is 5.92 Å². The Morgan fingerprint density at radius 1 is 1.26 bits per heavy atom. The first-order valence-electron chi connectivity index (χ1n) is 10.2. The van der Waals surface area contributed by atoms with Gasteiger partial charge in [-0.15, -0.1) is 11.8 Å². The number of hydrogen-bond donors (Lipinski definition) is 0. The molecular weight excluding hydrogens is 356 g/mol. The molecule has 27 heavy (non-hydrogen) atoms. The number of piperidine rings is 2. The molecule has 4 saturated heterocycles. The number of fused-ring (bicyclic) bond motifs is 2. The first-order valence-corrected chi connectivity index (χ1v) is 11.1. The van der Waals surface area contributed by atoms with Gasteiger partial charge in [0.1, 0.15) is 5.60 Å². The quantitative estimate of drug-likeness (QED) is 0.706. The molecule has 148 valence electrons. The third-order valence-electron chi connectivity index (χ3n) is 6.64. The Hall–Kier alpha value is -1.20. The van der Waals surface area contributed by atoms with Gasteiger partial charge in [0.25, 0.3) is 0 Å². The van der Waals surface area contributed by atoms with Crippen molar-refractivity contribution in [3.05, 3.63) is 30.3 Å². The van der Waals surface area contributed by atoms with Crippen LogP contribution in [0.25, 0.3) is 0 Å². The number of carbonyl (C=O) groups is 1. The van der Waals surface area contributed by atoms with Crippen molar-refractivity contribution in [3.63, 3.8) is 0 Å². The average Bonchev–Trinajstić information content (AvgIpc) is 3.00. The SMILES string of the molecule is CC(C)(C)OC(=O)N1C[C@]23CCCN2C[C@@]1(C)[C@@H](CSc1ccccc1)C3. The number of benzene rings is 1. The van der Waals surface area contributed by atoms with Crippen LogP contribution < -0.4 is 0 Å². The predicted molar refractivity (Wildman–Crippen MR) is 110 cm³/mol. The van der Waals surface area contributed by atoms with Gasteiger partial charge in [0.2, 0.25) is 0 Å². The van der Waals surface area contributed by atoms with Crippen molar-refractivity contribution in [2.45, 2.75) is 68.5 Å². The van der Waals surface area contributed by atoms with Gasteiger partial charge < -0.3 is 4.74 Å². The Labute approximate surface area is 167 Å². The molecule has 0 N–H and O–H groups in total. The molecule has 5 rings (SSSR count). The Balaban J connectivity index is 1.58. The topological polar surface area (TPSA) is 32.8 Å². The van der Waals surface area contributed by atoms with Crippen molar-refractivity contribution >= 4 is 17.9 Å². The maximum atomic E-state index is 13.1. The highest BCUT2D eigenvalue weighted by atomic mass is 32.2. The standard InChI is InChI=1S/C22H32N2O2S/c1-20(2,3)26-19(25)24-16-22-11-8-12-23(22)15-21(24,4)17(13-22)14-27-18-9-6-5-7-10-18/h5-7,9-10,17H,8,11-16H2,1-4H3/t17-,21+,22-/m1/s1. The van der Waals surface area contributed by atoms with Gasteiger partial charge in [0, 0.05) is 29.3 Å². The number of hydrogen-bond acceptors (Lipinski definition) is 4. The monoisotopic (exact) mass is 388 g/mol. The number of thioether (sulfide) groups is 1. The Kier molecular flexibility index (Phi) is 4.75. The fourth-order valence-electron chi connectivity index (χ4n) is 5.23. The van der Waals surface area contributed by atoms with Crippen molar-refractivity contribution in [2.75, 3.05) is 25.4 Å². The van der Waals surface area contributed by atoms with Crippen LogP contribution in [0.1, 0.15) is 47.0 Å². The molecular formula is C22H32N2O2S. The van der Waals surface area contributed by atoms with Gasteiger partial charge >= 0.3 is 6.09 Å². The highest BCUT2D eigenvalue weighted by molar-refractivity contribution is 7.99. The lowest BCUT2D eigenvalue weighted by Crippen LogP contribution is -2.77. The normalized spacial score (nSPS) is 33.2. The summed E-state index contributed by atoms with van der Waals surface area (Å²) in [7, 11) is 0. The summed E-state index contributed by atoms with van der Waals surface area (Å²) in [5, 5.41) is 0. The van der Waals surface area contributed by atoms with Crippen LogP contribution in [0.5, 0.6) is 0 Å². The van der Waals surface area contributed by atoms with Crippen LogP contribution in [-0.4, -0.2) is 58.0 Å². The van der Waals surface area contributed by atoms with Crippen molar-refractivity contribution < 1.29 is 9.53 Å². The largest absolute Gasteiger partial charge is 0.444 e. The molecule has 0 radical (unpaired) electrons. The first kappa shape index (κ1) is 19.1. The van der Waals surface area contributed by atoms with Gasteiger partial charge in [0.15, 0.2) is 0 Å². The molecule has 0 saturated carbocycles. The van der Waals surface area contributed by atoms with E-state index in [-0.39, 0.29) is 17.2 Å². The number of amides is 1. The lowest BCUT2D eigenvalue weighted by molar-refractivity contribution is -0.135. The molecule has 4 heterocycles. The van der Waals surface area contributed by atoms with E-state index in [9.17, 15) is 4.79 Å². The van der Waals surface area contributed by atoms with Gasteiger partial charge in [-0.25, -0.2) is 4.79 Å². The maximum Gasteiger partial charge on any atom is 0.410 e. The number of piperazine rings is 1. The van der Waals surface area contributed by atoms with E-state index in [4.69, 9.17) is 4.74 Å². The van der Waals surface area contributed by atoms with Gasteiger partial charge in [-0.1, -0.05) is 18.2 Å². The Morgan fingerprint density at radius 3 is 2.70 bits per heavy atom. The van der Waals surface area contributed by atoms with Crippen molar-refractivity contribution in [1.82, 2.24) is 9.80 Å². The van der Waals surface area contributed by atoms with E-state index >= 15 is 0 Å². The molecule has 2 bridgehead atoms. The third kappa shape index (κ3) is 3.49. The van der Waals surface area contributed by atoms with Crippen molar-refractivity contribution in [1.29, 1.82) is 0 Å². The fraction of sp³-hybridized carbons (Fsp3) is 0.682. The number of rotatable bonds is 3. The first-order chi connectivity index (χ1) is 12.7. The molecule has 1 aromatic rings. The Bertz CT molecular complexity index is 704. The van der Waals surface area contributed by atoms with Gasteiger partial charge in [0.05, 0.1) is 5.54 Å². The third-order valence-corrected chi connectivity index (χ3v) is 7.81. The highest BCUT2D eigenvalue weighted by Gasteiger charge is 2.62. The van der Waals surface area contributed by atoms with Crippen LogP contribution in [-0.2, 0) is 4.74 Å². The van der Waals surface area contributed by atoms with E-state index in [1.807, 2.05) is 32.5 Å². The van der Waals surface area contributed by atoms with Crippen molar-refractivity contribution in [3.8, 4) is 0 Å². The van der Waals surface area contributed by atoms with E-state index in [1.165, 1.54) is 30.7 Å². The van der Waals surface area contributed by atoms with Crippen LogP contribution in [0, 0.1) is 5.92 Å². The second-order valence-corrected chi connectivity index (χ2v) is 10.8. The molecule has 3 atom stereocenters. The zero-order valence-electron chi connectivity index (χ0n) is 17.0. The molecule has 4 aliphatic rings. The molecule has 5 heteroatoms. The van der Waals surface area contributed by atoms with Gasteiger partial charge in [-0.2, -0.15) is 0 Å². The number of ether oxygens (including phenoxy) is 1. The predicted octanol–water partition coefficient (Wildman–Crippen LogP) is 4.64. The van der Waals surface area contributed by atoms with E-state index in [0.717, 1.165) is 18.8 Å². The minimum atomic E-state index is -0.453. The lowest BCUT2D eigenvalue weighted by Gasteiger charge is -2.64. The highest BCUT2D eigenvalue weighted by Crippen LogP contribution is 2.53. The summed E-state index contributed by atoms with van der Waals surface area (Å²) in [6.45, 7) is 11.1. The minimum Gasteiger partial charge on any atom is -0.444 e. The molecule has 0 unspecified atom stereocenters. The zero-order valence-corrected chi connectivity index (χ0v) is 17.8. The molecule has 1 spiro atoms. The van der Waals surface area contributed by atoms with Crippen LogP contribution in [0.4, 0.5) is 4.79 Å². The van der Waals surface area contributed by atoms with Crippen molar-refractivity contribution in [2.24, 2.45) is 5.92 Å². The van der Waals surface area contributed by atoms with E-state index in [2.05, 4.69) is 47.1 Å². The van der Waals surface area contributed by atoms with Crippen LogP contribution in [0.15, 0.2) is 35.2 Å². The second-order valence-electron chi connectivity index (χ2n) is 9.70. The smallest absolute Gasteiger partial charge is 0.410 e. The second kappa shape index (κ2) is 6.70. The zero-order chi connectivity index (χ0) is 19.3. The van der Waals surface area contributed by atoms with Crippen LogP contribution in [0.3, 0.4) is 0 Å². The molecule has 1 amide bonds. The molecule has 0 aliphatic carbocycles. The summed E-state index contributed by atoms with van der Waals surface area (Å²) in [5.41, 5.74) is -0.446. The van der Waals surface area contributed by atoms with Crippen LogP contribution in [0.2, 0.25) is 0 Å². The van der Waals surface area contributed by atoms with E-state index < -0.39 is 5.60 Å². The summed E-state index contributed by atoms with van der Waals surface area (Å²) < 4.78 is 5.81. The molecule has 4 aliphatic heterocycles. The van der Waals surface area contributed by atoms with E-state index in [1.54, 1.807) is 0 Å². The van der Waals surface area contributed by atoms with Gasteiger partial charge in [-0.3, -0.25) is 9.80 Å². The lowest BCUT2D eigenvalue weighted by atomic mass is 9.66. The molecule has 1 aromatic carbocycles. The summed E-state index contributed by atoms with van der Waals surface area (Å²) in [5.74, 6) is 1.54. The number of nitrogens with zero attached hydrogens (tertiary/aromatic N) is 2. The van der Waals surface area contributed by atoms with Crippen LogP contribution >= 0.6 is 11.8 Å². The molecule has 0 aromatic heterocycles. The molecule has 4 nitrogen and oxygen atoms in total. The summed E-state index contributed by atoms with van der Waals surface area (Å²) in [6.07, 6.45) is 3.51. The summed E-state index contributed by atoms with van der Waals surface area (Å²) >= 11 is 1.93. The minimum absolute atomic E-state index is 0.134. The molecule has 4 fully saturated rings. The average molecular weight is 389 g/mol. The summed E-state index contributed by atoms with van der Waals surface area (Å²) in [6, 6.07) is 10.6. The Morgan fingerprint density at radius 2 is 2.00 bits per heavy atom. The fourth-order valence-corrected chi connectivity index (χ4v) is 6.45.